The van der Waals surface area contributed by atoms with Crippen molar-refractivity contribution in [2.24, 2.45) is 40.6 Å². The Morgan fingerprint density at radius 3 is 2.31 bits per heavy atom. The van der Waals surface area contributed by atoms with Gasteiger partial charge in [-0.2, -0.15) is 10.1 Å². The number of amides is 2. The molecule has 5 aliphatic rings. The van der Waals surface area contributed by atoms with Gasteiger partial charge in [-0.05, 0) is 60.4 Å². The summed E-state index contributed by atoms with van der Waals surface area (Å²) in [5.74, 6) is 1.72. The Kier molecular flexibility index (Phi) is 3.66. The van der Waals surface area contributed by atoms with Gasteiger partial charge in [0.1, 0.15) is 11.5 Å². The van der Waals surface area contributed by atoms with E-state index in [0.29, 0.717) is 33.4 Å². The highest BCUT2D eigenvalue weighted by Crippen LogP contribution is 2.65. The summed E-state index contributed by atoms with van der Waals surface area (Å²) in [6.07, 6.45) is 6.86. The van der Waals surface area contributed by atoms with Gasteiger partial charge in [0.25, 0.3) is 11.8 Å². The van der Waals surface area contributed by atoms with Gasteiger partial charge in [-0.25, -0.2) is 0 Å². The quantitative estimate of drug-likeness (QED) is 0.407. The minimum absolute atomic E-state index is 0.183. The van der Waals surface area contributed by atoms with Crippen LogP contribution in [-0.2, 0) is 9.59 Å². The average Bonchev–Trinajstić information content (AvgIpc) is 3.36. The van der Waals surface area contributed by atoms with Crippen LogP contribution in [0, 0.1) is 35.5 Å². The maximum atomic E-state index is 12.9. The molecule has 146 valence electrons. The molecule has 7 heteroatoms. The van der Waals surface area contributed by atoms with Crippen LogP contribution in [-0.4, -0.2) is 23.0 Å². The van der Waals surface area contributed by atoms with Gasteiger partial charge in [0.05, 0.1) is 28.1 Å². The average molecular weight is 427 g/mol. The molecule has 1 aromatic heterocycles. The van der Waals surface area contributed by atoms with Gasteiger partial charge in [0.2, 0.25) is 0 Å². The van der Waals surface area contributed by atoms with E-state index < -0.39 is 0 Å². The van der Waals surface area contributed by atoms with Crippen LogP contribution in [0.4, 0.5) is 0 Å². The number of rotatable bonds is 3. The lowest BCUT2D eigenvalue weighted by Crippen LogP contribution is -2.40. The van der Waals surface area contributed by atoms with Gasteiger partial charge < -0.3 is 4.42 Å². The minimum Gasteiger partial charge on any atom is -0.455 e. The second kappa shape index (κ2) is 6.07. The predicted octanol–water partition coefficient (Wildman–Crippen LogP) is 4.64. The number of hydrogen-bond acceptors (Lipinski definition) is 4. The number of nitrogens with zero attached hydrogens (tertiary/aromatic N) is 2. The molecule has 0 spiro atoms. The molecule has 0 unspecified atom stereocenters. The van der Waals surface area contributed by atoms with E-state index in [1.54, 1.807) is 30.3 Å². The molecule has 0 N–H and O–H groups in total. The number of furan rings is 1. The molecule has 1 saturated heterocycles. The topological polar surface area (TPSA) is 62.9 Å². The number of halogens is 2. The molecule has 1 aliphatic heterocycles. The summed E-state index contributed by atoms with van der Waals surface area (Å²) in [5, 5.41) is 6.15. The molecular weight excluding hydrogens is 411 g/mol. The molecule has 0 radical (unpaired) electrons. The summed E-state index contributed by atoms with van der Waals surface area (Å²) in [6.45, 7) is 0. The third-order valence-electron chi connectivity index (χ3n) is 6.77. The van der Waals surface area contributed by atoms with Crippen LogP contribution in [0.5, 0.6) is 0 Å². The SMILES string of the molecule is O=C1[C@@H]2[C@@H]3C=C[C@H]([C@@H]4C[C@H]34)[C@H]2C(=O)N1/N=C\c1ccc(-c2ccc(Cl)c(Cl)c2)o1. The van der Waals surface area contributed by atoms with E-state index in [1.807, 2.05) is 0 Å². The number of hydrazone groups is 1. The molecule has 1 aromatic carbocycles. The molecule has 29 heavy (non-hydrogen) atoms. The smallest absolute Gasteiger partial charge is 0.254 e. The number of imide groups is 1. The highest BCUT2D eigenvalue weighted by atomic mass is 35.5. The molecule has 5 nitrogen and oxygen atoms in total. The monoisotopic (exact) mass is 426 g/mol. The van der Waals surface area contributed by atoms with Gasteiger partial charge in [-0.15, -0.1) is 0 Å². The van der Waals surface area contributed by atoms with Crippen molar-refractivity contribution in [2.75, 3.05) is 0 Å². The van der Waals surface area contributed by atoms with E-state index in [9.17, 15) is 9.59 Å². The second-order valence-electron chi connectivity index (χ2n) is 8.22. The summed E-state index contributed by atoms with van der Waals surface area (Å²) in [4.78, 5) is 25.8. The van der Waals surface area contributed by atoms with Gasteiger partial charge in [-0.3, -0.25) is 9.59 Å². The van der Waals surface area contributed by atoms with Crippen molar-refractivity contribution >= 4 is 41.2 Å². The zero-order chi connectivity index (χ0) is 19.9. The van der Waals surface area contributed by atoms with Crippen molar-refractivity contribution in [3.05, 3.63) is 58.3 Å². The lowest BCUT2D eigenvalue weighted by atomic mass is 9.63. The molecule has 6 atom stereocenters. The van der Waals surface area contributed by atoms with Crippen LogP contribution in [0.15, 0.2) is 52.0 Å². The lowest BCUT2D eigenvalue weighted by Gasteiger charge is -2.37. The van der Waals surface area contributed by atoms with Gasteiger partial charge in [0, 0.05) is 5.56 Å². The van der Waals surface area contributed by atoms with E-state index in [1.165, 1.54) is 6.21 Å². The highest BCUT2D eigenvalue weighted by Gasteiger charge is 2.67. The maximum Gasteiger partial charge on any atom is 0.254 e. The fourth-order valence-corrected chi connectivity index (χ4v) is 5.69. The summed E-state index contributed by atoms with van der Waals surface area (Å²) in [6, 6.07) is 8.74. The molecular formula is C22H16Cl2N2O3. The largest absolute Gasteiger partial charge is 0.455 e. The normalized spacial score (nSPS) is 34.2. The molecule has 2 aromatic rings. The van der Waals surface area contributed by atoms with E-state index in [4.69, 9.17) is 27.6 Å². The first-order valence-corrected chi connectivity index (χ1v) is 10.4. The summed E-state index contributed by atoms with van der Waals surface area (Å²) in [5.41, 5.74) is 0.778. The van der Waals surface area contributed by atoms with E-state index in [-0.39, 0.29) is 35.5 Å². The maximum absolute atomic E-state index is 12.9. The van der Waals surface area contributed by atoms with E-state index in [0.717, 1.165) is 17.0 Å². The van der Waals surface area contributed by atoms with Gasteiger partial charge in [-0.1, -0.05) is 35.4 Å². The Morgan fingerprint density at radius 1 is 0.966 bits per heavy atom. The fourth-order valence-electron chi connectivity index (χ4n) is 5.40. The molecule has 4 aliphatic carbocycles. The first-order chi connectivity index (χ1) is 14.0. The first kappa shape index (κ1) is 17.5. The first-order valence-electron chi connectivity index (χ1n) is 9.68. The van der Waals surface area contributed by atoms with Crippen molar-refractivity contribution in [3.63, 3.8) is 0 Å². The van der Waals surface area contributed by atoms with Crippen LogP contribution in [0.3, 0.4) is 0 Å². The van der Waals surface area contributed by atoms with Crippen molar-refractivity contribution in [2.45, 2.75) is 6.42 Å². The Hall–Kier alpha value is -2.37. The number of carbonyl (C=O) groups excluding carboxylic acids is 2. The standard InChI is InChI=1S/C22H16Cl2N2O3/c23-16-5-1-10(7-17(16)24)18-6-2-11(29-18)9-25-26-21(27)19-12-3-4-13(15-8-14(12)15)20(19)22(26)28/h1-7,9,12-15,19-20H,8H2/b25-9-/t12-,13-,14-,15+,19-,20-/m1/s1. The number of benzene rings is 1. The minimum atomic E-state index is -0.248. The molecule has 2 bridgehead atoms. The zero-order valence-corrected chi connectivity index (χ0v) is 16.7. The highest BCUT2D eigenvalue weighted by molar-refractivity contribution is 6.42. The summed E-state index contributed by atoms with van der Waals surface area (Å²) < 4.78 is 5.78. The third kappa shape index (κ3) is 2.50. The molecule has 7 rings (SSSR count). The van der Waals surface area contributed by atoms with E-state index >= 15 is 0 Å². The Labute approximate surface area is 177 Å². The van der Waals surface area contributed by atoms with Crippen LogP contribution in [0.2, 0.25) is 10.0 Å². The molecule has 2 amide bonds. The van der Waals surface area contributed by atoms with Crippen LogP contribution in [0.1, 0.15) is 12.2 Å². The molecule has 2 heterocycles. The third-order valence-corrected chi connectivity index (χ3v) is 7.51. The number of hydrogen-bond donors (Lipinski definition) is 0. The second-order valence-corrected chi connectivity index (χ2v) is 9.03. The van der Waals surface area contributed by atoms with Crippen LogP contribution in [0.25, 0.3) is 11.3 Å². The fraction of sp³-hybridized carbons (Fsp3) is 0.318. The molecule has 3 fully saturated rings. The number of carbonyl (C=O) groups is 2. The van der Waals surface area contributed by atoms with Crippen molar-refractivity contribution in [3.8, 4) is 11.3 Å². The van der Waals surface area contributed by atoms with E-state index in [2.05, 4.69) is 17.3 Å². The van der Waals surface area contributed by atoms with Crippen LogP contribution < -0.4 is 0 Å². The van der Waals surface area contributed by atoms with Crippen molar-refractivity contribution < 1.29 is 14.0 Å². The van der Waals surface area contributed by atoms with Gasteiger partial charge in [0.15, 0.2) is 0 Å². The van der Waals surface area contributed by atoms with Crippen LogP contribution >= 0.6 is 23.2 Å². The lowest BCUT2D eigenvalue weighted by molar-refractivity contribution is -0.140. The Morgan fingerprint density at radius 2 is 1.66 bits per heavy atom. The Balaban J connectivity index is 1.24. The Bertz CT molecular complexity index is 1090. The van der Waals surface area contributed by atoms with Gasteiger partial charge >= 0.3 is 0 Å². The molecule has 2 saturated carbocycles. The number of allylic oxidation sites excluding steroid dienone is 2. The predicted molar refractivity (Wildman–Crippen MR) is 108 cm³/mol. The van der Waals surface area contributed by atoms with Crippen molar-refractivity contribution in [1.29, 1.82) is 0 Å². The van der Waals surface area contributed by atoms with Crippen molar-refractivity contribution in [1.82, 2.24) is 5.01 Å². The summed E-state index contributed by atoms with van der Waals surface area (Å²) >= 11 is 12.0. The zero-order valence-electron chi connectivity index (χ0n) is 15.2. The summed E-state index contributed by atoms with van der Waals surface area (Å²) in [7, 11) is 0.